The summed E-state index contributed by atoms with van der Waals surface area (Å²) in [6.07, 6.45) is 0. The smallest absolute Gasteiger partial charge is 0.160 e. The molecule has 284 valence electrons. The van der Waals surface area contributed by atoms with Gasteiger partial charge in [0.2, 0.25) is 0 Å². The molecule has 4 aromatic heterocycles. The zero-order valence-electron chi connectivity index (χ0n) is 32.7. The molecule has 0 amide bonds. The van der Waals surface area contributed by atoms with Crippen LogP contribution in [0.3, 0.4) is 0 Å². The SMILES string of the molecule is c1ccc(-c2nc(-c3ccc4oc5ccc(-c6ccc7c(c6)c6ccccc6n7-c6ccc(-c7cccc8c7oc7ccccc78)cc6)cc5c4c3)nc3ccccc23)cc1. The maximum Gasteiger partial charge on any atom is 0.160 e. The van der Waals surface area contributed by atoms with Crippen LogP contribution in [0.2, 0.25) is 0 Å². The Bertz CT molecular complexity index is 3870. The minimum atomic E-state index is 0.685. The lowest BCUT2D eigenvalue weighted by atomic mass is 10.00. The number of hydrogen-bond donors (Lipinski definition) is 0. The third kappa shape index (κ3) is 5.27. The van der Waals surface area contributed by atoms with Gasteiger partial charge in [0.15, 0.2) is 5.82 Å². The van der Waals surface area contributed by atoms with Crippen molar-refractivity contribution in [2.75, 3.05) is 0 Å². The summed E-state index contributed by atoms with van der Waals surface area (Å²) in [5.74, 6) is 0.685. The van der Waals surface area contributed by atoms with Crippen molar-refractivity contribution in [1.29, 1.82) is 0 Å². The highest BCUT2D eigenvalue weighted by Gasteiger charge is 2.18. The largest absolute Gasteiger partial charge is 0.456 e. The molecule has 0 aliphatic heterocycles. The van der Waals surface area contributed by atoms with Gasteiger partial charge in [0.05, 0.1) is 22.2 Å². The van der Waals surface area contributed by atoms with Crippen LogP contribution in [0.15, 0.2) is 209 Å². The first kappa shape index (κ1) is 33.7. The molecule has 0 N–H and O–H groups in total. The highest BCUT2D eigenvalue weighted by Crippen LogP contribution is 2.40. The first-order valence-electron chi connectivity index (χ1n) is 20.6. The molecule has 0 aliphatic carbocycles. The van der Waals surface area contributed by atoms with Crippen molar-refractivity contribution in [2.24, 2.45) is 0 Å². The molecule has 13 rings (SSSR count). The number of benzene rings is 9. The Hall–Kier alpha value is -8.28. The fraction of sp³-hybridized carbons (Fsp3) is 0. The zero-order valence-corrected chi connectivity index (χ0v) is 32.7. The lowest BCUT2D eigenvalue weighted by Gasteiger charge is -2.10. The third-order valence-electron chi connectivity index (χ3n) is 12.2. The van der Waals surface area contributed by atoms with E-state index in [1.807, 2.05) is 48.5 Å². The van der Waals surface area contributed by atoms with Gasteiger partial charge >= 0.3 is 0 Å². The summed E-state index contributed by atoms with van der Waals surface area (Å²) < 4.78 is 15.1. The molecule has 5 heteroatoms. The second-order valence-corrected chi connectivity index (χ2v) is 15.7. The van der Waals surface area contributed by atoms with Crippen molar-refractivity contribution >= 4 is 76.6 Å². The van der Waals surface area contributed by atoms with Gasteiger partial charge in [-0.3, -0.25) is 0 Å². The van der Waals surface area contributed by atoms with E-state index in [-0.39, 0.29) is 0 Å². The van der Waals surface area contributed by atoms with Gasteiger partial charge in [-0.1, -0.05) is 127 Å². The molecule has 0 spiro atoms. The molecule has 4 heterocycles. The molecule has 9 aromatic carbocycles. The maximum atomic E-state index is 6.40. The summed E-state index contributed by atoms with van der Waals surface area (Å²) in [5.41, 5.74) is 15.2. The normalized spacial score (nSPS) is 11.9. The van der Waals surface area contributed by atoms with Crippen molar-refractivity contribution in [3.63, 3.8) is 0 Å². The van der Waals surface area contributed by atoms with Crippen molar-refractivity contribution < 1.29 is 8.83 Å². The molecule has 0 radical (unpaired) electrons. The summed E-state index contributed by atoms with van der Waals surface area (Å²) in [4.78, 5) is 10.2. The number of furan rings is 2. The van der Waals surface area contributed by atoms with E-state index in [1.165, 1.54) is 10.8 Å². The van der Waals surface area contributed by atoms with Crippen LogP contribution in [0.4, 0.5) is 0 Å². The van der Waals surface area contributed by atoms with Crippen molar-refractivity contribution in [3.8, 4) is 50.6 Å². The fourth-order valence-electron chi connectivity index (χ4n) is 9.31. The molecule has 0 bridgehead atoms. The van der Waals surface area contributed by atoms with Gasteiger partial charge in [-0.25, -0.2) is 9.97 Å². The van der Waals surface area contributed by atoms with Crippen molar-refractivity contribution in [2.45, 2.75) is 0 Å². The highest BCUT2D eigenvalue weighted by molar-refractivity contribution is 6.12. The number of rotatable bonds is 5. The van der Waals surface area contributed by atoms with Crippen LogP contribution in [0.5, 0.6) is 0 Å². The van der Waals surface area contributed by atoms with Crippen LogP contribution in [0.25, 0.3) is 127 Å². The molecule has 0 fully saturated rings. The van der Waals surface area contributed by atoms with Gasteiger partial charge in [-0.05, 0) is 89.5 Å². The molecule has 13 aromatic rings. The predicted molar refractivity (Wildman–Crippen MR) is 250 cm³/mol. The summed E-state index contributed by atoms with van der Waals surface area (Å²) >= 11 is 0. The van der Waals surface area contributed by atoms with Crippen LogP contribution < -0.4 is 0 Å². The Kier molecular flexibility index (Phi) is 7.24. The van der Waals surface area contributed by atoms with E-state index in [0.717, 1.165) is 111 Å². The van der Waals surface area contributed by atoms with Crippen LogP contribution >= 0.6 is 0 Å². The summed E-state index contributed by atoms with van der Waals surface area (Å²) in [6.45, 7) is 0. The van der Waals surface area contributed by atoms with Crippen molar-refractivity contribution in [1.82, 2.24) is 14.5 Å². The molecular weight excluding hydrogens is 747 g/mol. The van der Waals surface area contributed by atoms with E-state index >= 15 is 0 Å². The van der Waals surface area contributed by atoms with Gasteiger partial charge in [0.25, 0.3) is 0 Å². The van der Waals surface area contributed by atoms with E-state index in [9.17, 15) is 0 Å². The molecule has 0 atom stereocenters. The minimum Gasteiger partial charge on any atom is -0.456 e. The summed E-state index contributed by atoms with van der Waals surface area (Å²) in [5, 5.41) is 7.80. The zero-order chi connectivity index (χ0) is 40.0. The van der Waals surface area contributed by atoms with Crippen LogP contribution in [-0.4, -0.2) is 14.5 Å². The number of aromatic nitrogens is 3. The third-order valence-corrected chi connectivity index (χ3v) is 12.2. The Morgan fingerprint density at radius 3 is 1.79 bits per heavy atom. The van der Waals surface area contributed by atoms with Gasteiger partial charge in [0.1, 0.15) is 22.3 Å². The van der Waals surface area contributed by atoms with Crippen LogP contribution in [0, 0.1) is 0 Å². The quantitative estimate of drug-likeness (QED) is 0.175. The number of fused-ring (bicyclic) bond motifs is 10. The molecule has 61 heavy (non-hydrogen) atoms. The topological polar surface area (TPSA) is 57.0 Å². The highest BCUT2D eigenvalue weighted by atomic mass is 16.3. The van der Waals surface area contributed by atoms with E-state index < -0.39 is 0 Å². The lowest BCUT2D eigenvalue weighted by molar-refractivity contribution is 0.669. The standard InChI is InChI=1S/C56H33N3O2/c1-2-11-35(12-3-1)54-44-15-4-7-18-48(44)57-56(58-54)38-25-30-53-47(33-38)46-32-37(24-29-52(46)60-53)36-23-28-50-45(31-36)41-13-5-8-19-49(41)59(50)39-26-21-34(22-27-39)40-16-10-17-43-42-14-6-9-20-51(42)61-55(40)43/h1-33H. The van der Waals surface area contributed by atoms with Gasteiger partial charge in [-0.15, -0.1) is 0 Å². The predicted octanol–water partition coefficient (Wildman–Crippen LogP) is 15.2. The Labute approximate surface area is 349 Å². The second-order valence-electron chi connectivity index (χ2n) is 15.7. The first-order chi connectivity index (χ1) is 30.2. The van der Waals surface area contributed by atoms with Gasteiger partial charge in [0, 0.05) is 60.1 Å². The van der Waals surface area contributed by atoms with Crippen LogP contribution in [-0.2, 0) is 0 Å². The minimum absolute atomic E-state index is 0.685. The first-order valence-corrected chi connectivity index (χ1v) is 20.6. The average Bonchev–Trinajstić information content (AvgIpc) is 4.00. The molecule has 5 nitrogen and oxygen atoms in total. The summed E-state index contributed by atoms with van der Waals surface area (Å²) in [6, 6.07) is 70.3. The molecule has 0 unspecified atom stereocenters. The Morgan fingerprint density at radius 1 is 0.344 bits per heavy atom. The molecule has 0 saturated heterocycles. The summed E-state index contributed by atoms with van der Waals surface area (Å²) in [7, 11) is 0. The Balaban J connectivity index is 0.897. The Morgan fingerprint density at radius 2 is 0.951 bits per heavy atom. The number of para-hydroxylation sites is 4. The molecular formula is C56H33N3O2. The monoisotopic (exact) mass is 779 g/mol. The van der Waals surface area contributed by atoms with E-state index in [1.54, 1.807) is 0 Å². The van der Waals surface area contributed by atoms with Crippen LogP contribution in [0.1, 0.15) is 0 Å². The van der Waals surface area contributed by atoms with E-state index in [0.29, 0.717) is 5.82 Å². The fourth-order valence-corrected chi connectivity index (χ4v) is 9.31. The van der Waals surface area contributed by atoms with E-state index in [4.69, 9.17) is 18.8 Å². The second kappa shape index (κ2) is 13.1. The lowest BCUT2D eigenvalue weighted by Crippen LogP contribution is -1.95. The molecule has 0 aliphatic rings. The van der Waals surface area contributed by atoms with Gasteiger partial charge in [-0.2, -0.15) is 0 Å². The van der Waals surface area contributed by atoms with Crippen molar-refractivity contribution in [3.05, 3.63) is 200 Å². The average molecular weight is 780 g/mol. The number of nitrogens with zero attached hydrogens (tertiary/aromatic N) is 3. The maximum absolute atomic E-state index is 6.40. The van der Waals surface area contributed by atoms with Gasteiger partial charge < -0.3 is 13.4 Å². The number of hydrogen-bond acceptors (Lipinski definition) is 4. The van der Waals surface area contributed by atoms with E-state index in [2.05, 4.69) is 156 Å². The molecule has 0 saturated carbocycles.